The standard InChI is InChI=1S/C14H11ClF2N4/c1-6-4-9(11(17)5-10(6)16)13-19-20-14-12(15)18-7(2)8(3)21(13)14/h4-5H,1-3H3. The first-order valence-corrected chi connectivity index (χ1v) is 6.61. The molecule has 0 bridgehead atoms. The molecule has 0 saturated heterocycles. The normalized spacial score (nSPS) is 11.3. The first-order chi connectivity index (χ1) is 9.90. The van der Waals surface area contributed by atoms with E-state index in [1.807, 2.05) is 6.92 Å². The van der Waals surface area contributed by atoms with Gasteiger partial charge in [-0.1, -0.05) is 11.6 Å². The number of aromatic nitrogens is 4. The van der Waals surface area contributed by atoms with Crippen molar-refractivity contribution >= 4 is 17.2 Å². The number of halogens is 3. The molecule has 0 radical (unpaired) electrons. The second-order valence-electron chi connectivity index (χ2n) is 4.84. The van der Waals surface area contributed by atoms with Crippen LogP contribution in [0.2, 0.25) is 5.15 Å². The van der Waals surface area contributed by atoms with Crippen LogP contribution in [0.4, 0.5) is 8.78 Å². The summed E-state index contributed by atoms with van der Waals surface area (Å²) in [5.74, 6) is -1.02. The third-order valence-corrected chi connectivity index (χ3v) is 3.72. The van der Waals surface area contributed by atoms with Gasteiger partial charge in [0, 0.05) is 11.8 Å². The lowest BCUT2D eigenvalue weighted by atomic mass is 10.1. The summed E-state index contributed by atoms with van der Waals surface area (Å²) in [7, 11) is 0. The molecule has 0 amide bonds. The zero-order valence-electron chi connectivity index (χ0n) is 11.6. The van der Waals surface area contributed by atoms with E-state index in [4.69, 9.17) is 11.6 Å². The van der Waals surface area contributed by atoms with Gasteiger partial charge >= 0.3 is 0 Å². The Bertz CT molecular complexity index is 873. The number of fused-ring (bicyclic) bond motifs is 1. The van der Waals surface area contributed by atoms with Gasteiger partial charge in [0.05, 0.1) is 11.3 Å². The van der Waals surface area contributed by atoms with E-state index in [1.165, 1.54) is 6.07 Å². The maximum Gasteiger partial charge on any atom is 0.199 e. The van der Waals surface area contributed by atoms with E-state index in [0.717, 1.165) is 11.8 Å². The Hall–Kier alpha value is -2.08. The molecule has 0 fully saturated rings. The maximum absolute atomic E-state index is 14.1. The van der Waals surface area contributed by atoms with Crippen LogP contribution in [0.1, 0.15) is 17.0 Å². The van der Waals surface area contributed by atoms with Crippen molar-refractivity contribution in [2.75, 3.05) is 0 Å². The van der Waals surface area contributed by atoms with Crippen molar-refractivity contribution in [3.63, 3.8) is 0 Å². The lowest BCUT2D eigenvalue weighted by Crippen LogP contribution is -2.02. The van der Waals surface area contributed by atoms with Crippen molar-refractivity contribution in [3.05, 3.63) is 45.9 Å². The molecule has 0 atom stereocenters. The average molecular weight is 309 g/mol. The molecule has 0 spiro atoms. The van der Waals surface area contributed by atoms with Gasteiger partial charge in [0.1, 0.15) is 11.6 Å². The minimum absolute atomic E-state index is 0.172. The molecular weight excluding hydrogens is 298 g/mol. The Morgan fingerprint density at radius 3 is 2.48 bits per heavy atom. The highest BCUT2D eigenvalue weighted by molar-refractivity contribution is 6.32. The number of benzene rings is 1. The van der Waals surface area contributed by atoms with E-state index < -0.39 is 11.6 Å². The van der Waals surface area contributed by atoms with Gasteiger partial charge in [-0.2, -0.15) is 0 Å². The van der Waals surface area contributed by atoms with E-state index in [0.29, 0.717) is 16.9 Å². The highest BCUT2D eigenvalue weighted by atomic mass is 35.5. The molecule has 3 aromatic rings. The number of nitrogens with zero attached hydrogens (tertiary/aromatic N) is 4. The van der Waals surface area contributed by atoms with Gasteiger partial charge in [-0.3, -0.25) is 4.40 Å². The smallest absolute Gasteiger partial charge is 0.199 e. The molecule has 4 nitrogen and oxygen atoms in total. The molecule has 2 heterocycles. The van der Waals surface area contributed by atoms with Crippen LogP contribution in [0.3, 0.4) is 0 Å². The van der Waals surface area contributed by atoms with Gasteiger partial charge in [-0.15, -0.1) is 10.2 Å². The molecule has 0 aliphatic rings. The van der Waals surface area contributed by atoms with Crippen LogP contribution < -0.4 is 0 Å². The van der Waals surface area contributed by atoms with Gasteiger partial charge in [0.25, 0.3) is 0 Å². The molecular formula is C14H11ClF2N4. The SMILES string of the molecule is Cc1cc(-c2nnc3c(Cl)nc(C)c(C)n23)c(F)cc1F. The molecule has 108 valence electrons. The Labute approximate surface area is 124 Å². The minimum atomic E-state index is -0.697. The van der Waals surface area contributed by atoms with Gasteiger partial charge in [0.2, 0.25) is 0 Å². The van der Waals surface area contributed by atoms with Gasteiger partial charge in [-0.05, 0) is 32.4 Å². The van der Waals surface area contributed by atoms with Gasteiger partial charge in [0.15, 0.2) is 16.6 Å². The number of hydrogen-bond acceptors (Lipinski definition) is 3. The number of rotatable bonds is 1. The molecule has 21 heavy (non-hydrogen) atoms. The molecule has 0 unspecified atom stereocenters. The number of hydrogen-bond donors (Lipinski definition) is 0. The summed E-state index contributed by atoms with van der Waals surface area (Å²) in [5.41, 5.74) is 2.28. The van der Waals surface area contributed by atoms with E-state index in [-0.39, 0.29) is 16.5 Å². The largest absolute Gasteiger partial charge is 0.275 e. The molecule has 0 N–H and O–H groups in total. The maximum atomic E-state index is 14.1. The Kier molecular flexibility index (Phi) is 3.13. The zero-order valence-corrected chi connectivity index (χ0v) is 12.3. The van der Waals surface area contributed by atoms with Crippen LogP contribution in [0.5, 0.6) is 0 Å². The van der Waals surface area contributed by atoms with Crippen molar-refractivity contribution in [3.8, 4) is 11.4 Å². The lowest BCUT2D eigenvalue weighted by Gasteiger charge is -2.08. The Morgan fingerprint density at radius 1 is 1.05 bits per heavy atom. The average Bonchev–Trinajstić information content (AvgIpc) is 2.85. The molecule has 2 aromatic heterocycles. The summed E-state index contributed by atoms with van der Waals surface area (Å²) in [5, 5.41) is 8.12. The molecule has 0 saturated carbocycles. The van der Waals surface area contributed by atoms with Crippen molar-refractivity contribution in [1.82, 2.24) is 19.6 Å². The lowest BCUT2D eigenvalue weighted by molar-refractivity contribution is 0.578. The van der Waals surface area contributed by atoms with Crippen LogP contribution in [-0.2, 0) is 0 Å². The predicted octanol–water partition coefficient (Wildman–Crippen LogP) is 3.65. The topological polar surface area (TPSA) is 43.1 Å². The second-order valence-corrected chi connectivity index (χ2v) is 5.20. The fraction of sp³-hybridized carbons (Fsp3) is 0.214. The summed E-state index contributed by atoms with van der Waals surface area (Å²) in [4.78, 5) is 4.15. The van der Waals surface area contributed by atoms with E-state index >= 15 is 0 Å². The quantitative estimate of drug-likeness (QED) is 0.689. The van der Waals surface area contributed by atoms with Crippen molar-refractivity contribution in [2.24, 2.45) is 0 Å². The van der Waals surface area contributed by atoms with E-state index in [2.05, 4.69) is 15.2 Å². The summed E-state index contributed by atoms with van der Waals surface area (Å²) in [6, 6.07) is 2.25. The van der Waals surface area contributed by atoms with Crippen LogP contribution >= 0.6 is 11.6 Å². The van der Waals surface area contributed by atoms with Crippen LogP contribution in [-0.4, -0.2) is 19.6 Å². The highest BCUT2D eigenvalue weighted by Gasteiger charge is 2.19. The van der Waals surface area contributed by atoms with Crippen molar-refractivity contribution in [1.29, 1.82) is 0 Å². The molecule has 0 aliphatic heterocycles. The fourth-order valence-electron chi connectivity index (χ4n) is 2.18. The monoisotopic (exact) mass is 308 g/mol. The molecule has 3 rings (SSSR count). The highest BCUT2D eigenvalue weighted by Crippen LogP contribution is 2.27. The summed E-state index contributed by atoms with van der Waals surface area (Å²) < 4.78 is 29.1. The fourth-order valence-corrected chi connectivity index (χ4v) is 2.43. The first-order valence-electron chi connectivity index (χ1n) is 6.24. The summed E-state index contributed by atoms with van der Waals surface area (Å²) >= 11 is 6.04. The van der Waals surface area contributed by atoms with Crippen LogP contribution in [0, 0.1) is 32.4 Å². The Morgan fingerprint density at radius 2 is 1.76 bits per heavy atom. The van der Waals surface area contributed by atoms with E-state index in [1.54, 1.807) is 18.2 Å². The van der Waals surface area contributed by atoms with Crippen molar-refractivity contribution in [2.45, 2.75) is 20.8 Å². The van der Waals surface area contributed by atoms with Crippen LogP contribution in [0.15, 0.2) is 12.1 Å². The van der Waals surface area contributed by atoms with Crippen molar-refractivity contribution < 1.29 is 8.78 Å². The third-order valence-electron chi connectivity index (χ3n) is 3.46. The van der Waals surface area contributed by atoms with Gasteiger partial charge in [-0.25, -0.2) is 13.8 Å². The third kappa shape index (κ3) is 2.06. The van der Waals surface area contributed by atoms with Gasteiger partial charge < -0.3 is 0 Å². The van der Waals surface area contributed by atoms with E-state index in [9.17, 15) is 8.78 Å². The predicted molar refractivity (Wildman–Crippen MR) is 75.4 cm³/mol. The Balaban J connectivity index is 2.39. The first kappa shape index (κ1) is 13.9. The number of aryl methyl sites for hydroxylation is 3. The molecule has 1 aromatic carbocycles. The zero-order chi connectivity index (χ0) is 15.3. The van der Waals surface area contributed by atoms with Crippen LogP contribution in [0.25, 0.3) is 17.0 Å². The minimum Gasteiger partial charge on any atom is -0.275 e. The molecule has 0 aliphatic carbocycles. The second kappa shape index (κ2) is 4.73. The molecule has 7 heteroatoms. The summed E-state index contributed by atoms with van der Waals surface area (Å²) in [6.45, 7) is 5.16. The summed E-state index contributed by atoms with van der Waals surface area (Å²) in [6.07, 6.45) is 0.